The van der Waals surface area contributed by atoms with Crippen LogP contribution in [0.4, 0.5) is 0 Å². The van der Waals surface area contributed by atoms with Crippen molar-refractivity contribution in [2.45, 2.75) is 31.8 Å². The Bertz CT molecular complexity index is 680. The van der Waals surface area contributed by atoms with Crippen LogP contribution in [0.2, 0.25) is 0 Å². The summed E-state index contributed by atoms with van der Waals surface area (Å²) in [6.45, 7) is 2.73. The predicted molar refractivity (Wildman–Crippen MR) is 87.8 cm³/mol. The van der Waals surface area contributed by atoms with Crippen LogP contribution in [0.5, 0.6) is 5.75 Å². The van der Waals surface area contributed by atoms with Gasteiger partial charge in [0.1, 0.15) is 5.75 Å². The van der Waals surface area contributed by atoms with Crippen molar-refractivity contribution < 1.29 is 9.53 Å². The van der Waals surface area contributed by atoms with Crippen molar-refractivity contribution in [3.63, 3.8) is 0 Å². The van der Waals surface area contributed by atoms with Crippen LogP contribution in [-0.4, -0.2) is 46.3 Å². The van der Waals surface area contributed by atoms with E-state index in [4.69, 9.17) is 10.5 Å². The van der Waals surface area contributed by atoms with Crippen molar-refractivity contribution in [1.82, 2.24) is 14.7 Å². The molecule has 1 saturated heterocycles. The van der Waals surface area contributed by atoms with E-state index >= 15 is 0 Å². The van der Waals surface area contributed by atoms with E-state index in [9.17, 15) is 4.79 Å². The van der Waals surface area contributed by atoms with E-state index in [1.807, 2.05) is 36.1 Å². The number of methoxy groups -OCH3 is 1. The molecule has 2 atom stereocenters. The van der Waals surface area contributed by atoms with E-state index in [1.54, 1.807) is 24.1 Å². The smallest absolute Gasteiger partial charge is 0.274 e. The molecule has 1 aliphatic rings. The Morgan fingerprint density at radius 2 is 2.04 bits per heavy atom. The van der Waals surface area contributed by atoms with Gasteiger partial charge in [-0.05, 0) is 50.1 Å². The summed E-state index contributed by atoms with van der Waals surface area (Å²) in [6, 6.07) is 9.64. The van der Waals surface area contributed by atoms with Crippen molar-refractivity contribution in [2.75, 3.05) is 13.7 Å². The number of nitrogens with zero attached hydrogens (tertiary/aromatic N) is 3. The second kappa shape index (κ2) is 6.42. The van der Waals surface area contributed by atoms with Crippen LogP contribution in [0.3, 0.4) is 0 Å². The third kappa shape index (κ3) is 3.22. The van der Waals surface area contributed by atoms with Gasteiger partial charge >= 0.3 is 0 Å². The maximum Gasteiger partial charge on any atom is 0.274 e. The van der Waals surface area contributed by atoms with Crippen molar-refractivity contribution in [3.8, 4) is 11.4 Å². The van der Waals surface area contributed by atoms with Gasteiger partial charge in [-0.2, -0.15) is 5.10 Å². The molecular formula is C17H22N4O2. The molecule has 0 radical (unpaired) electrons. The number of benzene rings is 1. The minimum atomic E-state index is -0.0309. The van der Waals surface area contributed by atoms with Gasteiger partial charge in [-0.1, -0.05) is 0 Å². The summed E-state index contributed by atoms with van der Waals surface area (Å²) in [5.74, 6) is 0.757. The number of amides is 1. The molecule has 122 valence electrons. The summed E-state index contributed by atoms with van der Waals surface area (Å²) < 4.78 is 6.85. The number of hydrogen-bond donors (Lipinski definition) is 1. The van der Waals surface area contributed by atoms with Crippen LogP contribution in [0.15, 0.2) is 36.5 Å². The molecule has 1 aromatic heterocycles. The predicted octanol–water partition coefficient (Wildman–Crippen LogP) is 1.83. The molecule has 1 fully saturated rings. The van der Waals surface area contributed by atoms with E-state index in [0.717, 1.165) is 24.3 Å². The zero-order chi connectivity index (χ0) is 16.4. The molecule has 0 saturated carbocycles. The quantitative estimate of drug-likeness (QED) is 0.938. The Morgan fingerprint density at radius 3 is 2.70 bits per heavy atom. The maximum absolute atomic E-state index is 12.7. The Morgan fingerprint density at radius 1 is 1.30 bits per heavy atom. The number of hydrogen-bond acceptors (Lipinski definition) is 4. The Labute approximate surface area is 135 Å². The van der Waals surface area contributed by atoms with Gasteiger partial charge < -0.3 is 15.4 Å². The van der Waals surface area contributed by atoms with Crippen LogP contribution in [-0.2, 0) is 0 Å². The third-order valence-corrected chi connectivity index (χ3v) is 4.32. The standard InChI is InChI=1S/C17H22N4O2/c1-12-11-13(18)7-9-20(12)17(22)16-8-10-21(19-16)14-3-5-15(23-2)6-4-14/h3-6,8,10,12-13H,7,9,11,18H2,1-2H3/t12-,13-/m0/s1. The summed E-state index contributed by atoms with van der Waals surface area (Å²) in [6.07, 6.45) is 3.48. The number of likely N-dealkylation sites (tertiary alicyclic amines) is 1. The lowest BCUT2D eigenvalue weighted by Gasteiger charge is -2.35. The van der Waals surface area contributed by atoms with Gasteiger partial charge in [-0.15, -0.1) is 0 Å². The second-order valence-corrected chi connectivity index (χ2v) is 5.98. The first-order valence-electron chi connectivity index (χ1n) is 7.85. The summed E-state index contributed by atoms with van der Waals surface area (Å²) in [7, 11) is 1.63. The Kier molecular flexibility index (Phi) is 4.34. The fraction of sp³-hybridized carbons (Fsp3) is 0.412. The number of rotatable bonds is 3. The summed E-state index contributed by atoms with van der Waals surface area (Å²) >= 11 is 0. The van der Waals surface area contributed by atoms with Crippen LogP contribution >= 0.6 is 0 Å². The van der Waals surface area contributed by atoms with Gasteiger partial charge in [0.25, 0.3) is 5.91 Å². The van der Waals surface area contributed by atoms with E-state index in [-0.39, 0.29) is 18.0 Å². The van der Waals surface area contributed by atoms with Crippen molar-refractivity contribution in [1.29, 1.82) is 0 Å². The fourth-order valence-electron chi connectivity index (χ4n) is 2.97. The fourth-order valence-corrected chi connectivity index (χ4v) is 2.97. The monoisotopic (exact) mass is 314 g/mol. The molecule has 2 heterocycles. The number of aromatic nitrogens is 2. The molecule has 0 bridgehead atoms. The van der Waals surface area contributed by atoms with E-state index in [2.05, 4.69) is 5.10 Å². The van der Waals surface area contributed by atoms with Crippen LogP contribution in [0, 0.1) is 0 Å². The average molecular weight is 314 g/mol. The largest absolute Gasteiger partial charge is 0.497 e. The van der Waals surface area contributed by atoms with Gasteiger partial charge in [0, 0.05) is 24.8 Å². The first-order chi connectivity index (χ1) is 11.1. The second-order valence-electron chi connectivity index (χ2n) is 5.98. The average Bonchev–Trinajstić information content (AvgIpc) is 3.04. The molecule has 1 amide bonds. The lowest BCUT2D eigenvalue weighted by atomic mass is 9.99. The van der Waals surface area contributed by atoms with Gasteiger partial charge in [0.2, 0.25) is 0 Å². The first kappa shape index (κ1) is 15.6. The molecular weight excluding hydrogens is 292 g/mol. The molecule has 1 aromatic carbocycles. The molecule has 0 unspecified atom stereocenters. The summed E-state index contributed by atoms with van der Waals surface area (Å²) in [5.41, 5.74) is 7.31. The third-order valence-electron chi connectivity index (χ3n) is 4.32. The lowest BCUT2D eigenvalue weighted by Crippen LogP contribution is -2.48. The van der Waals surface area contributed by atoms with E-state index in [1.165, 1.54) is 0 Å². The molecule has 2 N–H and O–H groups in total. The van der Waals surface area contributed by atoms with Crippen molar-refractivity contribution in [3.05, 3.63) is 42.2 Å². The van der Waals surface area contributed by atoms with Crippen molar-refractivity contribution in [2.24, 2.45) is 5.73 Å². The molecule has 6 nitrogen and oxygen atoms in total. The van der Waals surface area contributed by atoms with Gasteiger partial charge in [-0.25, -0.2) is 4.68 Å². The molecule has 2 aromatic rings. The lowest BCUT2D eigenvalue weighted by molar-refractivity contribution is 0.0612. The SMILES string of the molecule is COc1ccc(-n2ccc(C(=O)N3CC[C@H](N)C[C@@H]3C)n2)cc1. The zero-order valence-corrected chi connectivity index (χ0v) is 13.5. The minimum Gasteiger partial charge on any atom is -0.497 e. The first-order valence-corrected chi connectivity index (χ1v) is 7.85. The highest BCUT2D eigenvalue weighted by Gasteiger charge is 2.28. The summed E-state index contributed by atoms with van der Waals surface area (Å²) in [4.78, 5) is 14.5. The topological polar surface area (TPSA) is 73.4 Å². The van der Waals surface area contributed by atoms with Crippen LogP contribution in [0.1, 0.15) is 30.3 Å². The minimum absolute atomic E-state index is 0.0309. The van der Waals surface area contributed by atoms with Crippen LogP contribution in [0.25, 0.3) is 5.69 Å². The van der Waals surface area contributed by atoms with E-state index < -0.39 is 0 Å². The molecule has 1 aliphatic heterocycles. The highest BCUT2D eigenvalue weighted by atomic mass is 16.5. The highest BCUT2D eigenvalue weighted by Crippen LogP contribution is 2.19. The zero-order valence-electron chi connectivity index (χ0n) is 13.5. The van der Waals surface area contributed by atoms with Gasteiger partial charge in [0.15, 0.2) is 5.69 Å². The molecule has 0 aliphatic carbocycles. The number of carbonyl (C=O) groups excluding carboxylic acids is 1. The Balaban J connectivity index is 1.76. The summed E-state index contributed by atoms with van der Waals surface area (Å²) in [5, 5.41) is 4.42. The number of carbonyl (C=O) groups is 1. The number of nitrogens with two attached hydrogens (primary N) is 1. The number of piperidine rings is 1. The van der Waals surface area contributed by atoms with Gasteiger partial charge in [-0.3, -0.25) is 4.79 Å². The van der Waals surface area contributed by atoms with Gasteiger partial charge in [0.05, 0.1) is 12.8 Å². The highest BCUT2D eigenvalue weighted by molar-refractivity contribution is 5.92. The Hall–Kier alpha value is -2.34. The molecule has 6 heteroatoms. The molecule has 23 heavy (non-hydrogen) atoms. The maximum atomic E-state index is 12.7. The van der Waals surface area contributed by atoms with Crippen LogP contribution < -0.4 is 10.5 Å². The van der Waals surface area contributed by atoms with E-state index in [0.29, 0.717) is 12.2 Å². The normalized spacial score (nSPS) is 21.3. The molecule has 0 spiro atoms. The van der Waals surface area contributed by atoms with Crippen molar-refractivity contribution >= 4 is 5.91 Å². The molecule has 3 rings (SSSR count). The number of ether oxygens (including phenoxy) is 1.